The summed E-state index contributed by atoms with van der Waals surface area (Å²) in [5.74, 6) is -0.137. The fourth-order valence-electron chi connectivity index (χ4n) is 2.09. The summed E-state index contributed by atoms with van der Waals surface area (Å²) in [4.78, 5) is 12.1. The van der Waals surface area contributed by atoms with Crippen LogP contribution in [-0.4, -0.2) is 25.3 Å². The molecule has 1 amide bonds. The number of sulfone groups is 1. The second kappa shape index (κ2) is 8.48. The van der Waals surface area contributed by atoms with Crippen molar-refractivity contribution in [3.8, 4) is 5.75 Å². The Morgan fingerprint density at radius 3 is 2.40 bits per heavy atom. The molecule has 5 nitrogen and oxygen atoms in total. The van der Waals surface area contributed by atoms with Gasteiger partial charge < -0.3 is 10.1 Å². The molecule has 0 saturated heterocycles. The Morgan fingerprint density at radius 1 is 1.16 bits per heavy atom. The normalized spacial score (nSPS) is 12.2. The first-order valence-electron chi connectivity index (χ1n) is 7.82. The van der Waals surface area contributed by atoms with Crippen LogP contribution in [0.1, 0.15) is 12.5 Å². The summed E-state index contributed by atoms with van der Waals surface area (Å²) >= 11 is 0. The van der Waals surface area contributed by atoms with Crippen LogP contribution in [-0.2, 0) is 21.2 Å². The van der Waals surface area contributed by atoms with Crippen molar-refractivity contribution in [3.05, 3.63) is 72.8 Å². The number of anilines is 1. The van der Waals surface area contributed by atoms with E-state index in [0.29, 0.717) is 18.0 Å². The quantitative estimate of drug-likeness (QED) is 0.735. The van der Waals surface area contributed by atoms with Gasteiger partial charge >= 0.3 is 0 Å². The number of rotatable bonds is 8. The first-order chi connectivity index (χ1) is 11.9. The van der Waals surface area contributed by atoms with Crippen molar-refractivity contribution in [1.29, 1.82) is 0 Å². The second-order valence-electron chi connectivity index (χ2n) is 5.55. The lowest BCUT2D eigenvalue weighted by Crippen LogP contribution is -2.33. The van der Waals surface area contributed by atoms with Crippen LogP contribution < -0.4 is 10.1 Å². The van der Waals surface area contributed by atoms with Crippen LogP contribution in [0.15, 0.2) is 67.3 Å². The molecule has 0 aliphatic heterocycles. The highest BCUT2D eigenvalue weighted by molar-refractivity contribution is 7.92. The summed E-state index contributed by atoms with van der Waals surface area (Å²) in [6.45, 7) is 5.21. The molecule has 0 aromatic heterocycles. The van der Waals surface area contributed by atoms with Crippen molar-refractivity contribution in [2.24, 2.45) is 0 Å². The molecule has 1 N–H and O–H groups in total. The van der Waals surface area contributed by atoms with Gasteiger partial charge in [0.05, 0.1) is 5.75 Å². The van der Waals surface area contributed by atoms with Gasteiger partial charge in [-0.3, -0.25) is 4.79 Å². The average molecular weight is 359 g/mol. The van der Waals surface area contributed by atoms with Gasteiger partial charge in [-0.2, -0.15) is 0 Å². The molecule has 1 atom stereocenters. The van der Waals surface area contributed by atoms with Crippen molar-refractivity contribution in [2.75, 3.05) is 11.1 Å². The number of carbonyl (C=O) groups excluding carboxylic acids is 1. The molecule has 25 heavy (non-hydrogen) atoms. The van der Waals surface area contributed by atoms with Crippen LogP contribution >= 0.6 is 0 Å². The predicted molar refractivity (Wildman–Crippen MR) is 99.3 cm³/mol. The number of nitrogens with one attached hydrogen (secondary N) is 1. The van der Waals surface area contributed by atoms with Crippen molar-refractivity contribution in [3.63, 3.8) is 0 Å². The number of amides is 1. The van der Waals surface area contributed by atoms with Crippen LogP contribution in [0, 0.1) is 0 Å². The average Bonchev–Trinajstić information content (AvgIpc) is 2.61. The summed E-state index contributed by atoms with van der Waals surface area (Å²) in [6.07, 6.45) is 1.28. The van der Waals surface area contributed by atoms with E-state index < -0.39 is 21.0 Å². The first kappa shape index (κ1) is 18.7. The molecule has 0 heterocycles. The van der Waals surface area contributed by atoms with Gasteiger partial charge in [0.1, 0.15) is 17.6 Å². The van der Waals surface area contributed by atoms with E-state index in [9.17, 15) is 13.2 Å². The summed E-state index contributed by atoms with van der Waals surface area (Å²) in [5.41, 5.74) is 1.57. The molecule has 0 saturated carbocycles. The van der Waals surface area contributed by atoms with E-state index in [1.165, 1.54) is 13.0 Å². The molecule has 132 valence electrons. The number of hydrogen-bond acceptors (Lipinski definition) is 4. The topological polar surface area (TPSA) is 72.5 Å². The lowest BCUT2D eigenvalue weighted by molar-refractivity contribution is -0.115. The molecule has 0 aliphatic carbocycles. The molecular weight excluding hydrogens is 338 g/mol. The van der Waals surface area contributed by atoms with E-state index in [1.807, 2.05) is 30.3 Å². The third kappa shape index (κ3) is 5.46. The molecule has 6 heteroatoms. The molecule has 0 radical (unpaired) electrons. The predicted octanol–water partition coefficient (Wildman–Crippen LogP) is 3.19. The molecule has 2 aromatic rings. The summed E-state index contributed by atoms with van der Waals surface area (Å²) < 4.78 is 29.4. The van der Waals surface area contributed by atoms with Crippen molar-refractivity contribution < 1.29 is 17.9 Å². The van der Waals surface area contributed by atoms with Crippen molar-refractivity contribution in [1.82, 2.24) is 0 Å². The Balaban J connectivity index is 1.93. The fourth-order valence-corrected chi connectivity index (χ4v) is 3.09. The third-order valence-electron chi connectivity index (χ3n) is 3.63. The van der Waals surface area contributed by atoms with Crippen LogP contribution in [0.4, 0.5) is 5.69 Å². The summed E-state index contributed by atoms with van der Waals surface area (Å²) in [6, 6.07) is 16.6. The Morgan fingerprint density at radius 2 is 1.80 bits per heavy atom. The molecule has 2 rings (SSSR count). The van der Waals surface area contributed by atoms with Gasteiger partial charge in [0, 0.05) is 5.69 Å². The van der Waals surface area contributed by atoms with Crippen molar-refractivity contribution >= 4 is 21.4 Å². The van der Waals surface area contributed by atoms with Gasteiger partial charge in [-0.15, -0.1) is 6.58 Å². The van der Waals surface area contributed by atoms with E-state index >= 15 is 0 Å². The van der Waals surface area contributed by atoms with Crippen LogP contribution in [0.25, 0.3) is 0 Å². The molecule has 0 bridgehead atoms. The highest BCUT2D eigenvalue weighted by atomic mass is 32.2. The van der Waals surface area contributed by atoms with Gasteiger partial charge in [-0.1, -0.05) is 36.4 Å². The Bertz CT molecular complexity index is 814. The highest BCUT2D eigenvalue weighted by Crippen LogP contribution is 2.18. The Hall–Kier alpha value is -2.60. The number of ether oxygens (including phenoxy) is 1. The van der Waals surface area contributed by atoms with E-state index in [2.05, 4.69) is 11.9 Å². The molecular formula is C19H21NO4S. The number of carbonyl (C=O) groups is 1. The van der Waals surface area contributed by atoms with Gasteiger partial charge in [-0.05, 0) is 36.8 Å². The van der Waals surface area contributed by atoms with E-state index in [4.69, 9.17) is 4.74 Å². The van der Waals surface area contributed by atoms with Gasteiger partial charge in [0.15, 0.2) is 9.84 Å². The van der Waals surface area contributed by atoms with Crippen LogP contribution in [0.3, 0.4) is 0 Å². The maximum Gasteiger partial charge on any atom is 0.242 e. The van der Waals surface area contributed by atoms with E-state index in [-0.39, 0.29) is 5.75 Å². The van der Waals surface area contributed by atoms with Gasteiger partial charge in [-0.25, -0.2) is 8.42 Å². The number of benzene rings is 2. The molecule has 0 spiro atoms. The van der Waals surface area contributed by atoms with Crippen molar-refractivity contribution in [2.45, 2.75) is 18.8 Å². The zero-order chi connectivity index (χ0) is 18.3. The zero-order valence-corrected chi connectivity index (χ0v) is 14.8. The summed E-state index contributed by atoms with van der Waals surface area (Å²) in [7, 11) is -3.53. The Labute approximate surface area is 148 Å². The lowest BCUT2D eigenvalue weighted by atomic mass is 10.2. The summed E-state index contributed by atoms with van der Waals surface area (Å²) in [5, 5.41) is 1.46. The fraction of sp³-hybridized carbons (Fsp3) is 0.211. The molecule has 0 aliphatic rings. The molecule has 2 aromatic carbocycles. The lowest BCUT2D eigenvalue weighted by Gasteiger charge is -2.13. The molecule has 1 unspecified atom stereocenters. The third-order valence-corrected chi connectivity index (χ3v) is 5.62. The van der Waals surface area contributed by atoms with Crippen LogP contribution in [0.2, 0.25) is 0 Å². The largest absolute Gasteiger partial charge is 0.489 e. The number of hydrogen-bond donors (Lipinski definition) is 1. The zero-order valence-electron chi connectivity index (χ0n) is 14.0. The second-order valence-corrected chi connectivity index (χ2v) is 7.91. The van der Waals surface area contributed by atoms with Crippen LogP contribution in [0.5, 0.6) is 5.75 Å². The molecule has 0 fully saturated rings. The van der Waals surface area contributed by atoms with Gasteiger partial charge in [0.2, 0.25) is 5.91 Å². The standard InChI is InChI=1S/C19H21NO4S/c1-3-13-25(22,23)15(2)19(21)20-17-9-11-18(12-10-17)24-14-16-7-5-4-6-8-16/h3-12,15H,1,13-14H2,2H3,(H,20,21). The SMILES string of the molecule is C=CCS(=O)(=O)C(C)C(=O)Nc1ccc(OCc2ccccc2)cc1. The smallest absolute Gasteiger partial charge is 0.242 e. The van der Waals surface area contributed by atoms with E-state index in [0.717, 1.165) is 5.56 Å². The maximum absolute atomic E-state index is 12.1. The Kier molecular flexibility index (Phi) is 6.36. The minimum atomic E-state index is -3.53. The first-order valence-corrected chi connectivity index (χ1v) is 9.54. The van der Waals surface area contributed by atoms with Gasteiger partial charge in [0.25, 0.3) is 0 Å². The monoisotopic (exact) mass is 359 g/mol. The van der Waals surface area contributed by atoms with E-state index in [1.54, 1.807) is 24.3 Å². The minimum absolute atomic E-state index is 0.228. The minimum Gasteiger partial charge on any atom is -0.489 e. The highest BCUT2D eigenvalue weighted by Gasteiger charge is 2.26. The maximum atomic E-state index is 12.1.